The van der Waals surface area contributed by atoms with Crippen LogP contribution in [0.4, 0.5) is 11.4 Å². The lowest BCUT2D eigenvalue weighted by atomic mass is 9.98. The van der Waals surface area contributed by atoms with Gasteiger partial charge in [0.15, 0.2) is 0 Å². The van der Waals surface area contributed by atoms with E-state index in [1.54, 1.807) is 13.2 Å². The molecule has 2 aliphatic rings. The largest absolute Gasteiger partial charge is 0.386 e. The summed E-state index contributed by atoms with van der Waals surface area (Å²) in [6.45, 7) is 9.02. The quantitative estimate of drug-likeness (QED) is 0.337. The molecule has 5 rings (SSSR count). The van der Waals surface area contributed by atoms with E-state index in [4.69, 9.17) is 11.6 Å². The van der Waals surface area contributed by atoms with E-state index in [1.807, 2.05) is 30.3 Å². The second-order valence-electron chi connectivity index (χ2n) is 10.9. The van der Waals surface area contributed by atoms with Crippen molar-refractivity contribution in [1.82, 2.24) is 25.9 Å². The highest BCUT2D eigenvalue weighted by Gasteiger charge is 2.32. The number of halogens is 1. The maximum absolute atomic E-state index is 9.56. The van der Waals surface area contributed by atoms with E-state index in [-0.39, 0.29) is 11.6 Å². The van der Waals surface area contributed by atoms with E-state index < -0.39 is 0 Å². The molecule has 1 aromatic heterocycles. The Morgan fingerprint density at radius 2 is 1.89 bits per heavy atom. The van der Waals surface area contributed by atoms with Crippen LogP contribution in [-0.4, -0.2) is 46.6 Å². The highest BCUT2D eigenvalue weighted by molar-refractivity contribution is 6.35. The van der Waals surface area contributed by atoms with Crippen molar-refractivity contribution < 1.29 is 0 Å². The van der Waals surface area contributed by atoms with Gasteiger partial charge in [-0.15, -0.1) is 5.53 Å². The number of benzene rings is 2. The van der Waals surface area contributed by atoms with Gasteiger partial charge in [-0.25, -0.2) is 0 Å². The van der Waals surface area contributed by atoms with Gasteiger partial charge >= 0.3 is 0 Å². The van der Waals surface area contributed by atoms with Crippen LogP contribution in [0.1, 0.15) is 50.8 Å². The first-order valence-corrected chi connectivity index (χ1v) is 13.4. The van der Waals surface area contributed by atoms with Crippen LogP contribution in [0.5, 0.6) is 0 Å². The third-order valence-electron chi connectivity index (χ3n) is 7.46. The summed E-state index contributed by atoms with van der Waals surface area (Å²) in [7, 11) is 1.80. The van der Waals surface area contributed by atoms with Gasteiger partial charge in [0.2, 0.25) is 0 Å². The molecule has 0 amide bonds. The van der Waals surface area contributed by atoms with Crippen molar-refractivity contribution in [1.29, 1.82) is 5.26 Å². The number of anilines is 2. The molecule has 0 radical (unpaired) electrons. The molecule has 38 heavy (non-hydrogen) atoms. The average molecular weight is 531 g/mol. The molecule has 3 heterocycles. The molecule has 0 saturated carbocycles. The van der Waals surface area contributed by atoms with Crippen LogP contribution in [-0.2, 0) is 0 Å². The lowest BCUT2D eigenvalue weighted by Crippen LogP contribution is -2.52. The Bertz CT molecular complexity index is 1370. The zero-order valence-corrected chi connectivity index (χ0v) is 23.1. The number of pyridine rings is 1. The van der Waals surface area contributed by atoms with Gasteiger partial charge in [-0.05, 0) is 51.3 Å². The van der Waals surface area contributed by atoms with E-state index in [9.17, 15) is 5.26 Å². The Hall–Kier alpha value is -3.51. The van der Waals surface area contributed by atoms with Crippen molar-refractivity contribution in [3.05, 3.63) is 76.7 Å². The number of nitriles is 1. The van der Waals surface area contributed by atoms with Crippen molar-refractivity contribution in [3.8, 4) is 6.07 Å². The Balaban J connectivity index is 1.44. The monoisotopic (exact) mass is 530 g/mol. The molecule has 198 valence electrons. The number of piperidine rings is 1. The fraction of sp³-hybridized carbons (Fsp3) is 0.379. The summed E-state index contributed by atoms with van der Waals surface area (Å²) in [5.41, 5.74) is 11.8. The Morgan fingerprint density at radius 1 is 1.16 bits per heavy atom. The first-order valence-electron chi connectivity index (χ1n) is 13.1. The maximum atomic E-state index is 9.56. The van der Waals surface area contributed by atoms with Gasteiger partial charge in [0.1, 0.15) is 6.07 Å². The molecule has 8 nitrogen and oxygen atoms in total. The molecule has 3 aromatic rings. The average Bonchev–Trinajstić information content (AvgIpc) is 3.41. The SMILES string of the molecule is CNc1c(C#N)cnc2c(Cl)cc(N[C@H](C3=CN(C4CCN(C(C)(C)C)CC4)NN3)c3ccccc3)cc12. The Kier molecular flexibility index (Phi) is 7.35. The molecule has 9 heteroatoms. The Morgan fingerprint density at radius 3 is 2.55 bits per heavy atom. The van der Waals surface area contributed by atoms with Crippen molar-refractivity contribution in [2.75, 3.05) is 30.8 Å². The standard InChI is InChI=1S/C29H35ClN8/c1-29(2,3)37-12-10-22(11-13-37)38-18-25(35-36-38)27(19-8-6-5-7-9-19)34-21-14-23-26(32-4)20(16-31)17-33-28(23)24(30)15-21/h5-9,14-15,17-18,22,27,34-36H,10-13H2,1-4H3,(H,32,33)/t27-/m0/s1. The van der Waals surface area contributed by atoms with E-state index in [0.717, 1.165) is 48.3 Å². The molecular formula is C29H35ClN8. The second-order valence-corrected chi connectivity index (χ2v) is 11.3. The van der Waals surface area contributed by atoms with Crippen LogP contribution in [0.3, 0.4) is 0 Å². The molecule has 1 atom stereocenters. The van der Waals surface area contributed by atoms with Crippen LogP contribution in [0.2, 0.25) is 5.02 Å². The normalized spacial score (nSPS) is 17.6. The smallest absolute Gasteiger partial charge is 0.103 e. The zero-order valence-electron chi connectivity index (χ0n) is 22.3. The molecular weight excluding hydrogens is 496 g/mol. The summed E-state index contributed by atoms with van der Waals surface area (Å²) in [5, 5.41) is 19.9. The zero-order chi connectivity index (χ0) is 26.9. The van der Waals surface area contributed by atoms with E-state index in [1.165, 1.54) is 0 Å². The number of nitrogens with one attached hydrogen (secondary N) is 4. The summed E-state index contributed by atoms with van der Waals surface area (Å²) in [6, 6.07) is 16.7. The predicted molar refractivity (Wildman–Crippen MR) is 154 cm³/mol. The number of fused-ring (bicyclic) bond motifs is 1. The number of hydrazine groups is 2. The van der Waals surface area contributed by atoms with Crippen LogP contribution in [0, 0.1) is 11.3 Å². The summed E-state index contributed by atoms with van der Waals surface area (Å²) in [4.78, 5) is 6.99. The molecule has 0 unspecified atom stereocenters. The topological polar surface area (TPSA) is 91.3 Å². The van der Waals surface area contributed by atoms with Crippen LogP contribution in [0.15, 0.2) is 60.6 Å². The summed E-state index contributed by atoms with van der Waals surface area (Å²) < 4.78 is 0. The van der Waals surface area contributed by atoms with Crippen molar-refractivity contribution in [2.24, 2.45) is 0 Å². The highest BCUT2D eigenvalue weighted by atomic mass is 35.5. The number of hydrogen-bond acceptors (Lipinski definition) is 8. The maximum Gasteiger partial charge on any atom is 0.103 e. The minimum absolute atomic E-state index is 0.151. The minimum atomic E-state index is -0.151. The first kappa shape index (κ1) is 26.1. The van der Waals surface area contributed by atoms with Gasteiger partial charge in [-0.3, -0.25) is 14.9 Å². The van der Waals surface area contributed by atoms with Gasteiger partial charge < -0.3 is 16.1 Å². The molecule has 2 aliphatic heterocycles. The molecule has 0 bridgehead atoms. The van der Waals surface area contributed by atoms with Gasteiger partial charge in [-0.1, -0.05) is 41.9 Å². The molecule has 1 saturated heterocycles. The summed E-state index contributed by atoms with van der Waals surface area (Å²) in [5.74, 6) is 0. The first-order chi connectivity index (χ1) is 18.3. The minimum Gasteiger partial charge on any atom is -0.386 e. The van der Waals surface area contributed by atoms with E-state index in [2.05, 4.69) is 81.7 Å². The predicted octanol–water partition coefficient (Wildman–Crippen LogP) is 5.38. The lowest BCUT2D eigenvalue weighted by molar-refractivity contribution is 0.0570. The fourth-order valence-electron chi connectivity index (χ4n) is 5.35. The highest BCUT2D eigenvalue weighted by Crippen LogP contribution is 2.36. The molecule has 0 aliphatic carbocycles. The van der Waals surface area contributed by atoms with Crippen molar-refractivity contribution in [3.63, 3.8) is 0 Å². The van der Waals surface area contributed by atoms with E-state index in [0.29, 0.717) is 27.8 Å². The third-order valence-corrected chi connectivity index (χ3v) is 7.75. The molecule has 0 spiro atoms. The van der Waals surface area contributed by atoms with Gasteiger partial charge in [0.05, 0.1) is 33.5 Å². The van der Waals surface area contributed by atoms with Crippen LogP contribution in [0.25, 0.3) is 10.9 Å². The number of hydrogen-bond donors (Lipinski definition) is 4. The molecule has 2 aromatic carbocycles. The number of rotatable bonds is 6. The summed E-state index contributed by atoms with van der Waals surface area (Å²) >= 11 is 6.68. The van der Waals surface area contributed by atoms with Crippen LogP contribution < -0.4 is 21.6 Å². The second kappa shape index (κ2) is 10.7. The molecule has 4 N–H and O–H groups in total. The van der Waals surface area contributed by atoms with Gasteiger partial charge in [-0.2, -0.15) is 5.26 Å². The number of nitrogens with zero attached hydrogens (tertiary/aromatic N) is 4. The fourth-order valence-corrected chi connectivity index (χ4v) is 5.62. The van der Waals surface area contributed by atoms with Gasteiger partial charge in [0, 0.05) is 55.2 Å². The van der Waals surface area contributed by atoms with E-state index >= 15 is 0 Å². The number of aromatic nitrogens is 1. The van der Waals surface area contributed by atoms with Gasteiger partial charge in [0.25, 0.3) is 0 Å². The molecule has 1 fully saturated rings. The summed E-state index contributed by atoms with van der Waals surface area (Å²) in [6.07, 6.45) is 5.93. The van der Waals surface area contributed by atoms with Crippen molar-refractivity contribution in [2.45, 2.75) is 51.2 Å². The number of likely N-dealkylation sites (tertiary alicyclic amines) is 1. The third kappa shape index (κ3) is 5.23. The van der Waals surface area contributed by atoms with Crippen molar-refractivity contribution >= 4 is 33.9 Å². The Labute approximate surface area is 229 Å². The lowest BCUT2D eigenvalue weighted by Gasteiger charge is -2.42. The van der Waals surface area contributed by atoms with Crippen LogP contribution >= 0.6 is 11.6 Å².